The van der Waals surface area contributed by atoms with Crippen molar-refractivity contribution >= 4 is 27.5 Å². The van der Waals surface area contributed by atoms with Gasteiger partial charge >= 0.3 is 0 Å². The van der Waals surface area contributed by atoms with Gasteiger partial charge in [-0.3, -0.25) is 4.79 Å². The Labute approximate surface area is 130 Å². The smallest absolute Gasteiger partial charge is 0.243 e. The van der Waals surface area contributed by atoms with Crippen molar-refractivity contribution in [2.24, 2.45) is 0 Å². The molecule has 0 bridgehead atoms. The van der Waals surface area contributed by atoms with Crippen molar-refractivity contribution in [1.29, 1.82) is 0 Å². The van der Waals surface area contributed by atoms with E-state index in [-0.39, 0.29) is 11.4 Å². The van der Waals surface area contributed by atoms with Gasteiger partial charge in [-0.25, -0.2) is 0 Å². The number of amides is 1. The highest BCUT2D eigenvalue weighted by molar-refractivity contribution is 9.10. The molecular weight excluding hydrogens is 318 g/mol. The van der Waals surface area contributed by atoms with Crippen LogP contribution in [-0.4, -0.2) is 22.9 Å². The highest BCUT2D eigenvalue weighted by Gasteiger charge is 2.37. The van der Waals surface area contributed by atoms with Gasteiger partial charge in [0.25, 0.3) is 0 Å². The molecule has 0 aliphatic carbocycles. The van der Waals surface area contributed by atoms with E-state index in [1.807, 2.05) is 64.6 Å². The van der Waals surface area contributed by atoms with Crippen molar-refractivity contribution in [3.8, 4) is 5.75 Å². The fraction of sp³-hybridized carbons (Fsp3) is 0.562. The average Bonchev–Trinajstić information content (AvgIpc) is 2.28. The number of carbonyl (C=O) groups excluding carboxylic acids is 1. The highest BCUT2D eigenvalue weighted by atomic mass is 79.9. The first-order chi connectivity index (χ1) is 8.98. The lowest BCUT2D eigenvalue weighted by Crippen LogP contribution is -2.52. The van der Waals surface area contributed by atoms with Crippen molar-refractivity contribution in [3.63, 3.8) is 0 Å². The summed E-state index contributed by atoms with van der Waals surface area (Å²) in [6.45, 7) is 11.8. The molecule has 0 atom stereocenters. The van der Waals surface area contributed by atoms with Gasteiger partial charge in [0.1, 0.15) is 5.75 Å². The topological polar surface area (TPSA) is 29.5 Å². The number of halogens is 1. The number of nitrogens with zero attached hydrogens (tertiary/aromatic N) is 1. The number of methoxy groups -OCH3 is 1. The largest absolute Gasteiger partial charge is 0.497 e. The molecule has 0 radical (unpaired) electrons. The molecule has 1 aromatic rings. The van der Waals surface area contributed by atoms with Gasteiger partial charge in [0.05, 0.1) is 17.1 Å². The van der Waals surface area contributed by atoms with Gasteiger partial charge < -0.3 is 9.64 Å². The monoisotopic (exact) mass is 341 g/mol. The van der Waals surface area contributed by atoms with E-state index in [0.29, 0.717) is 0 Å². The number of hydrogen-bond acceptors (Lipinski definition) is 2. The van der Waals surface area contributed by atoms with E-state index in [1.165, 1.54) is 0 Å². The molecule has 20 heavy (non-hydrogen) atoms. The molecule has 0 saturated heterocycles. The van der Waals surface area contributed by atoms with Crippen LogP contribution in [0.25, 0.3) is 0 Å². The zero-order chi connectivity index (χ0) is 15.7. The summed E-state index contributed by atoms with van der Waals surface area (Å²) < 4.78 is 4.67. The lowest BCUT2D eigenvalue weighted by atomic mass is 9.99. The summed E-state index contributed by atoms with van der Waals surface area (Å²) in [4.78, 5) is 14.6. The molecule has 1 amide bonds. The third-order valence-corrected chi connectivity index (χ3v) is 3.38. The van der Waals surface area contributed by atoms with Crippen LogP contribution in [0.5, 0.6) is 5.75 Å². The number of anilines is 1. The molecule has 0 heterocycles. The number of ether oxygens (including phenoxy) is 1. The lowest BCUT2D eigenvalue weighted by molar-refractivity contribution is -0.120. The van der Waals surface area contributed by atoms with E-state index in [4.69, 9.17) is 4.74 Å². The summed E-state index contributed by atoms with van der Waals surface area (Å²) in [5.74, 6) is 0.779. The summed E-state index contributed by atoms with van der Waals surface area (Å²) >= 11 is 3.47. The van der Waals surface area contributed by atoms with E-state index in [2.05, 4.69) is 15.9 Å². The Morgan fingerprint density at radius 1 is 1.20 bits per heavy atom. The van der Waals surface area contributed by atoms with Crippen LogP contribution in [-0.2, 0) is 4.79 Å². The Morgan fingerprint density at radius 2 is 1.75 bits per heavy atom. The van der Waals surface area contributed by atoms with Gasteiger partial charge in [0.15, 0.2) is 0 Å². The molecule has 0 aliphatic rings. The molecular formula is C16H24BrNO2. The lowest BCUT2D eigenvalue weighted by Gasteiger charge is -2.40. The molecule has 4 heteroatoms. The van der Waals surface area contributed by atoms with Crippen LogP contribution in [0.1, 0.15) is 40.2 Å². The minimum Gasteiger partial charge on any atom is -0.497 e. The summed E-state index contributed by atoms with van der Waals surface area (Å²) in [7, 11) is 1.63. The molecule has 1 rings (SSSR count). The van der Waals surface area contributed by atoms with Crippen LogP contribution in [0.3, 0.4) is 0 Å². The number of aryl methyl sites for hydroxylation is 1. The number of benzene rings is 1. The summed E-state index contributed by atoms with van der Waals surface area (Å²) in [6, 6.07) is 5.79. The van der Waals surface area contributed by atoms with Gasteiger partial charge in [0, 0.05) is 11.6 Å². The van der Waals surface area contributed by atoms with Gasteiger partial charge in [-0.15, -0.1) is 0 Å². The van der Waals surface area contributed by atoms with Crippen LogP contribution < -0.4 is 9.64 Å². The number of carbonyl (C=O) groups is 1. The van der Waals surface area contributed by atoms with E-state index < -0.39 is 4.32 Å². The Bertz CT molecular complexity index is 498. The second-order valence-corrected chi connectivity index (χ2v) is 8.42. The molecule has 0 spiro atoms. The zero-order valence-electron chi connectivity index (χ0n) is 13.4. The normalized spacial score (nSPS) is 12.2. The van der Waals surface area contributed by atoms with Gasteiger partial charge in [0.2, 0.25) is 5.91 Å². The summed E-state index contributed by atoms with van der Waals surface area (Å²) in [5.41, 5.74) is 1.61. The van der Waals surface area contributed by atoms with Crippen LogP contribution in [0.4, 0.5) is 5.69 Å². The first-order valence-corrected chi connectivity index (χ1v) is 7.46. The maximum atomic E-state index is 12.8. The predicted molar refractivity (Wildman–Crippen MR) is 88.0 cm³/mol. The fourth-order valence-corrected chi connectivity index (χ4v) is 2.18. The Kier molecular flexibility index (Phi) is 4.90. The fourth-order valence-electron chi connectivity index (χ4n) is 2.00. The van der Waals surface area contributed by atoms with E-state index in [0.717, 1.165) is 17.0 Å². The van der Waals surface area contributed by atoms with Crippen molar-refractivity contribution < 1.29 is 9.53 Å². The van der Waals surface area contributed by atoms with Crippen molar-refractivity contribution in [1.82, 2.24) is 0 Å². The molecule has 0 aliphatic heterocycles. The molecule has 0 unspecified atom stereocenters. The third-order valence-electron chi connectivity index (χ3n) is 3.04. The Morgan fingerprint density at radius 3 is 2.15 bits per heavy atom. The van der Waals surface area contributed by atoms with Gasteiger partial charge in [-0.2, -0.15) is 0 Å². The molecule has 0 saturated carbocycles. The quantitative estimate of drug-likeness (QED) is 0.766. The number of hydrogen-bond donors (Lipinski definition) is 0. The average molecular weight is 342 g/mol. The van der Waals surface area contributed by atoms with Crippen molar-refractivity contribution in [2.75, 3.05) is 12.0 Å². The molecule has 0 fully saturated rings. The number of alkyl halides is 1. The molecule has 0 aromatic heterocycles. The maximum absolute atomic E-state index is 12.8. The molecule has 1 aromatic carbocycles. The van der Waals surface area contributed by atoms with Crippen LogP contribution in [0, 0.1) is 6.92 Å². The molecule has 3 nitrogen and oxygen atoms in total. The molecule has 0 N–H and O–H groups in total. The maximum Gasteiger partial charge on any atom is 0.243 e. The molecule has 112 valence electrons. The van der Waals surface area contributed by atoms with Crippen molar-refractivity contribution in [2.45, 2.75) is 51.4 Å². The summed E-state index contributed by atoms with van der Waals surface area (Å²) in [5, 5.41) is 0. The Hall–Kier alpha value is -1.03. The minimum atomic E-state index is -0.615. The van der Waals surface area contributed by atoms with E-state index in [1.54, 1.807) is 7.11 Å². The van der Waals surface area contributed by atoms with Crippen LogP contribution >= 0.6 is 15.9 Å². The SMILES string of the molecule is COc1ccc(C)c(N(C(=O)C(C)(C)Br)C(C)(C)C)c1. The summed E-state index contributed by atoms with van der Waals surface area (Å²) in [6.07, 6.45) is 0. The predicted octanol–water partition coefficient (Wildman–Crippen LogP) is 4.31. The van der Waals surface area contributed by atoms with Crippen molar-refractivity contribution in [3.05, 3.63) is 23.8 Å². The first kappa shape index (κ1) is 17.0. The third kappa shape index (κ3) is 3.75. The van der Waals surface area contributed by atoms with E-state index in [9.17, 15) is 4.79 Å². The van der Waals surface area contributed by atoms with Crippen LogP contribution in [0.15, 0.2) is 18.2 Å². The van der Waals surface area contributed by atoms with Crippen LogP contribution in [0.2, 0.25) is 0 Å². The second kappa shape index (κ2) is 5.76. The first-order valence-electron chi connectivity index (χ1n) is 6.66. The van der Waals surface area contributed by atoms with Gasteiger partial charge in [-0.1, -0.05) is 22.0 Å². The Balaban J connectivity index is 3.43. The standard InChI is InChI=1S/C16H24BrNO2/c1-11-8-9-12(20-7)10-13(11)18(15(2,3)4)14(19)16(5,6)17/h8-10H,1-7H3. The minimum absolute atomic E-state index is 0.0290. The van der Waals surface area contributed by atoms with E-state index >= 15 is 0 Å². The highest BCUT2D eigenvalue weighted by Crippen LogP contribution is 2.34. The second-order valence-electron chi connectivity index (χ2n) is 6.44. The number of rotatable bonds is 3. The van der Waals surface area contributed by atoms with Gasteiger partial charge in [-0.05, 0) is 53.2 Å². The zero-order valence-corrected chi connectivity index (χ0v) is 15.0.